The molecule has 1 N–H and O–H groups in total. The van der Waals surface area contributed by atoms with Crippen molar-refractivity contribution in [3.05, 3.63) is 0 Å². The van der Waals surface area contributed by atoms with Gasteiger partial charge in [-0.15, -0.1) is 0 Å². The van der Waals surface area contributed by atoms with Gasteiger partial charge in [-0.05, 0) is 26.9 Å². The first-order valence-corrected chi connectivity index (χ1v) is 6.06. The molecular weight excluding hydrogens is 236 g/mol. The zero-order valence-electron chi connectivity index (χ0n) is 11.7. The quantitative estimate of drug-likeness (QED) is 0.468. The second-order valence-electron chi connectivity index (χ2n) is 4.12. The van der Waals surface area contributed by atoms with Crippen molar-refractivity contribution in [3.63, 3.8) is 0 Å². The molecule has 0 radical (unpaired) electrons. The molecule has 0 fully saturated rings. The van der Waals surface area contributed by atoms with E-state index in [2.05, 4.69) is 10.1 Å². The van der Waals surface area contributed by atoms with Crippen LogP contribution in [0.3, 0.4) is 0 Å². The second kappa shape index (κ2) is 9.85. The Morgan fingerprint density at radius 3 is 2.56 bits per heavy atom. The molecule has 0 spiro atoms. The summed E-state index contributed by atoms with van der Waals surface area (Å²) in [6.45, 7) is 3.52. The van der Waals surface area contributed by atoms with Gasteiger partial charge in [-0.3, -0.25) is 14.5 Å². The molecule has 0 aliphatic carbocycles. The Morgan fingerprint density at radius 2 is 2.00 bits per heavy atom. The minimum atomic E-state index is -0.223. The maximum absolute atomic E-state index is 11.7. The van der Waals surface area contributed by atoms with Crippen LogP contribution >= 0.6 is 0 Å². The van der Waals surface area contributed by atoms with E-state index in [0.717, 1.165) is 0 Å². The van der Waals surface area contributed by atoms with Crippen LogP contribution in [0.4, 0.5) is 0 Å². The average molecular weight is 260 g/mol. The maximum atomic E-state index is 11.7. The molecule has 0 saturated carbocycles. The lowest BCUT2D eigenvalue weighted by Crippen LogP contribution is -2.44. The molecule has 0 aromatic carbocycles. The highest BCUT2D eigenvalue weighted by Crippen LogP contribution is 2.00. The first kappa shape index (κ1) is 16.9. The van der Waals surface area contributed by atoms with Crippen LogP contribution in [-0.4, -0.2) is 63.8 Å². The van der Waals surface area contributed by atoms with E-state index in [1.807, 2.05) is 18.9 Å². The summed E-state index contributed by atoms with van der Waals surface area (Å²) >= 11 is 0. The van der Waals surface area contributed by atoms with E-state index in [9.17, 15) is 9.59 Å². The number of esters is 1. The van der Waals surface area contributed by atoms with Crippen molar-refractivity contribution >= 4 is 11.9 Å². The molecule has 0 aliphatic rings. The van der Waals surface area contributed by atoms with E-state index < -0.39 is 0 Å². The lowest BCUT2D eigenvalue weighted by molar-refractivity contribution is -0.140. The number of amides is 1. The van der Waals surface area contributed by atoms with Crippen LogP contribution in [0.2, 0.25) is 0 Å². The standard InChI is InChI=1S/C12H24N2O4/c1-10(12(16)13-7-9-17-3)14(2)8-5-6-11(15)18-4/h10H,5-9H2,1-4H3,(H,13,16). The Bertz CT molecular complexity index is 258. The third kappa shape index (κ3) is 7.24. The molecule has 0 heterocycles. The van der Waals surface area contributed by atoms with Crippen LogP contribution in [-0.2, 0) is 19.1 Å². The number of nitrogens with zero attached hydrogens (tertiary/aromatic N) is 1. The fraction of sp³-hybridized carbons (Fsp3) is 0.833. The minimum absolute atomic E-state index is 0.0346. The van der Waals surface area contributed by atoms with Gasteiger partial charge in [0.05, 0.1) is 19.8 Å². The summed E-state index contributed by atoms with van der Waals surface area (Å²) in [5.41, 5.74) is 0. The lowest BCUT2D eigenvalue weighted by Gasteiger charge is -2.23. The number of ether oxygens (including phenoxy) is 2. The zero-order valence-corrected chi connectivity index (χ0v) is 11.7. The molecule has 6 nitrogen and oxygen atoms in total. The Labute approximate surface area is 109 Å². The van der Waals surface area contributed by atoms with E-state index >= 15 is 0 Å². The molecular formula is C12H24N2O4. The van der Waals surface area contributed by atoms with Gasteiger partial charge in [0.15, 0.2) is 0 Å². The monoisotopic (exact) mass is 260 g/mol. The van der Waals surface area contributed by atoms with E-state index in [1.54, 1.807) is 7.11 Å². The SMILES string of the molecule is COCCNC(=O)C(C)N(C)CCCC(=O)OC. The van der Waals surface area contributed by atoms with Crippen molar-refractivity contribution in [3.8, 4) is 0 Å². The van der Waals surface area contributed by atoms with Crippen LogP contribution in [0, 0.1) is 0 Å². The molecule has 0 rings (SSSR count). The van der Waals surface area contributed by atoms with Crippen LogP contribution in [0.5, 0.6) is 0 Å². The van der Waals surface area contributed by atoms with Gasteiger partial charge in [0.1, 0.15) is 0 Å². The third-order valence-corrected chi connectivity index (χ3v) is 2.77. The first-order valence-electron chi connectivity index (χ1n) is 6.06. The number of nitrogens with one attached hydrogen (secondary N) is 1. The Morgan fingerprint density at radius 1 is 1.33 bits per heavy atom. The summed E-state index contributed by atoms with van der Waals surface area (Å²) in [4.78, 5) is 24.6. The Kier molecular flexibility index (Phi) is 9.22. The predicted octanol–water partition coefficient (Wildman–Crippen LogP) is 0.0225. The van der Waals surface area contributed by atoms with E-state index in [1.165, 1.54) is 7.11 Å². The van der Waals surface area contributed by atoms with Gasteiger partial charge in [0.25, 0.3) is 0 Å². The highest BCUT2D eigenvalue weighted by Gasteiger charge is 2.17. The number of carbonyl (C=O) groups excluding carboxylic acids is 2. The van der Waals surface area contributed by atoms with Crippen molar-refractivity contribution in [2.24, 2.45) is 0 Å². The minimum Gasteiger partial charge on any atom is -0.469 e. The highest BCUT2D eigenvalue weighted by atomic mass is 16.5. The molecule has 0 aliphatic heterocycles. The largest absolute Gasteiger partial charge is 0.469 e. The highest BCUT2D eigenvalue weighted by molar-refractivity contribution is 5.81. The molecule has 6 heteroatoms. The number of methoxy groups -OCH3 is 2. The zero-order chi connectivity index (χ0) is 14.0. The molecule has 0 saturated heterocycles. The van der Waals surface area contributed by atoms with Gasteiger partial charge in [-0.1, -0.05) is 0 Å². The summed E-state index contributed by atoms with van der Waals surface area (Å²) in [6, 6.07) is -0.223. The predicted molar refractivity (Wildman–Crippen MR) is 68.2 cm³/mol. The molecule has 18 heavy (non-hydrogen) atoms. The number of carbonyl (C=O) groups is 2. The van der Waals surface area contributed by atoms with E-state index in [4.69, 9.17) is 4.74 Å². The van der Waals surface area contributed by atoms with Gasteiger partial charge < -0.3 is 14.8 Å². The van der Waals surface area contributed by atoms with E-state index in [0.29, 0.717) is 32.5 Å². The van der Waals surface area contributed by atoms with Crippen LogP contribution < -0.4 is 5.32 Å². The summed E-state index contributed by atoms with van der Waals surface area (Å²) in [5.74, 6) is -0.256. The topological polar surface area (TPSA) is 67.9 Å². The molecule has 1 amide bonds. The summed E-state index contributed by atoms with van der Waals surface area (Å²) in [7, 11) is 4.82. The van der Waals surface area contributed by atoms with E-state index in [-0.39, 0.29) is 17.9 Å². The molecule has 106 valence electrons. The van der Waals surface area contributed by atoms with Gasteiger partial charge >= 0.3 is 5.97 Å². The van der Waals surface area contributed by atoms with Gasteiger partial charge in [-0.25, -0.2) is 0 Å². The number of hydrogen-bond acceptors (Lipinski definition) is 5. The summed E-state index contributed by atoms with van der Waals surface area (Å²) in [5, 5.41) is 2.78. The molecule has 1 atom stereocenters. The van der Waals surface area contributed by atoms with Crippen molar-refractivity contribution in [2.75, 3.05) is 41.0 Å². The lowest BCUT2D eigenvalue weighted by atomic mass is 10.2. The second-order valence-corrected chi connectivity index (χ2v) is 4.12. The molecule has 0 aromatic rings. The van der Waals surface area contributed by atoms with Crippen molar-refractivity contribution in [2.45, 2.75) is 25.8 Å². The third-order valence-electron chi connectivity index (χ3n) is 2.77. The van der Waals surface area contributed by atoms with Crippen LogP contribution in [0.15, 0.2) is 0 Å². The average Bonchev–Trinajstić information content (AvgIpc) is 2.37. The fourth-order valence-corrected chi connectivity index (χ4v) is 1.39. The first-order chi connectivity index (χ1) is 8.52. The number of hydrogen-bond donors (Lipinski definition) is 1. The van der Waals surface area contributed by atoms with Gasteiger partial charge in [-0.2, -0.15) is 0 Å². The van der Waals surface area contributed by atoms with Crippen LogP contribution in [0.1, 0.15) is 19.8 Å². The molecule has 1 unspecified atom stereocenters. The number of rotatable bonds is 9. The van der Waals surface area contributed by atoms with Crippen LogP contribution in [0.25, 0.3) is 0 Å². The molecule has 0 aromatic heterocycles. The summed E-state index contributed by atoms with van der Waals surface area (Å²) in [6.07, 6.45) is 1.05. The Hall–Kier alpha value is -1.14. The Balaban J connectivity index is 3.83. The van der Waals surface area contributed by atoms with Gasteiger partial charge in [0.2, 0.25) is 5.91 Å². The van der Waals surface area contributed by atoms with Crippen molar-refractivity contribution in [1.29, 1.82) is 0 Å². The van der Waals surface area contributed by atoms with Crippen molar-refractivity contribution in [1.82, 2.24) is 10.2 Å². The maximum Gasteiger partial charge on any atom is 0.305 e. The number of likely N-dealkylation sites (N-methyl/N-ethyl adjacent to an activating group) is 1. The fourth-order valence-electron chi connectivity index (χ4n) is 1.39. The van der Waals surface area contributed by atoms with Crippen molar-refractivity contribution < 1.29 is 19.1 Å². The summed E-state index contributed by atoms with van der Waals surface area (Å²) < 4.78 is 9.41. The van der Waals surface area contributed by atoms with Gasteiger partial charge in [0, 0.05) is 20.1 Å². The smallest absolute Gasteiger partial charge is 0.305 e. The molecule has 0 bridgehead atoms. The normalized spacial score (nSPS) is 12.3.